The van der Waals surface area contributed by atoms with Crippen LogP contribution in [0.25, 0.3) is 0 Å². The van der Waals surface area contributed by atoms with Crippen LogP contribution in [0, 0.1) is 11.3 Å². The third kappa shape index (κ3) is 2.64. The number of anilines is 1. The molecule has 5 rings (SSSR count). The molecule has 0 spiro atoms. The van der Waals surface area contributed by atoms with Crippen LogP contribution in [0.5, 0.6) is 0 Å². The van der Waals surface area contributed by atoms with E-state index < -0.39 is 0 Å². The molecule has 28 heavy (non-hydrogen) atoms. The number of carbonyl (C=O) groups excluding carboxylic acids is 1. The molecule has 0 saturated carbocycles. The van der Waals surface area contributed by atoms with Crippen molar-refractivity contribution in [1.29, 1.82) is 5.26 Å². The highest BCUT2D eigenvalue weighted by Crippen LogP contribution is 2.34. The van der Waals surface area contributed by atoms with Gasteiger partial charge < -0.3 is 15.0 Å². The summed E-state index contributed by atoms with van der Waals surface area (Å²) < 4.78 is 5.29. The maximum Gasteiger partial charge on any atom is 0.258 e. The molecule has 3 aliphatic rings. The molecule has 1 amide bonds. The summed E-state index contributed by atoms with van der Waals surface area (Å²) in [7, 11) is 0. The fourth-order valence-electron chi connectivity index (χ4n) is 4.23. The molecule has 1 N–H and O–H groups in total. The van der Waals surface area contributed by atoms with Crippen LogP contribution < -0.4 is 5.32 Å². The highest BCUT2D eigenvalue weighted by Gasteiger charge is 2.46. The van der Waals surface area contributed by atoms with Gasteiger partial charge in [0, 0.05) is 17.3 Å². The van der Waals surface area contributed by atoms with E-state index in [1.807, 2.05) is 17.9 Å². The van der Waals surface area contributed by atoms with Crippen LogP contribution >= 0.6 is 11.6 Å². The van der Waals surface area contributed by atoms with Gasteiger partial charge in [0.1, 0.15) is 0 Å². The van der Waals surface area contributed by atoms with Crippen molar-refractivity contribution >= 4 is 23.5 Å². The van der Waals surface area contributed by atoms with E-state index in [-0.39, 0.29) is 17.5 Å². The van der Waals surface area contributed by atoms with Crippen LogP contribution in [0.15, 0.2) is 18.3 Å². The van der Waals surface area contributed by atoms with Crippen molar-refractivity contribution in [2.45, 2.75) is 37.9 Å². The fraction of sp³-hybridized carbons (Fsp3) is 0.400. The number of halogens is 1. The molecule has 142 valence electrons. The molecule has 1 aromatic heterocycles. The summed E-state index contributed by atoms with van der Waals surface area (Å²) >= 11 is 6.12. The van der Waals surface area contributed by atoms with Gasteiger partial charge in [-0.1, -0.05) is 11.6 Å². The molecule has 1 atom stereocenters. The molecule has 1 saturated heterocycles. The summed E-state index contributed by atoms with van der Waals surface area (Å²) in [5.41, 5.74) is 3.79. The predicted molar refractivity (Wildman–Crippen MR) is 102 cm³/mol. The minimum absolute atomic E-state index is 0.0334. The number of nitriles is 1. The quantitative estimate of drug-likeness (QED) is 0.857. The van der Waals surface area contributed by atoms with Gasteiger partial charge in [0.2, 0.25) is 5.95 Å². The van der Waals surface area contributed by atoms with Crippen molar-refractivity contribution in [3.8, 4) is 6.07 Å². The van der Waals surface area contributed by atoms with Crippen molar-refractivity contribution in [2.75, 3.05) is 18.5 Å². The molecule has 0 unspecified atom stereocenters. The lowest BCUT2D eigenvalue weighted by atomic mass is 9.98. The molecule has 0 bridgehead atoms. The minimum atomic E-state index is -0.258. The number of aromatic nitrogens is 2. The second-order valence-electron chi connectivity index (χ2n) is 7.89. The van der Waals surface area contributed by atoms with E-state index in [1.165, 1.54) is 0 Å². The van der Waals surface area contributed by atoms with Gasteiger partial charge in [0.05, 0.1) is 48.2 Å². The third-order valence-corrected chi connectivity index (χ3v) is 6.02. The van der Waals surface area contributed by atoms with Gasteiger partial charge in [0.25, 0.3) is 5.91 Å². The molecule has 1 fully saturated rings. The second-order valence-corrected chi connectivity index (χ2v) is 8.32. The monoisotopic (exact) mass is 395 g/mol. The fourth-order valence-corrected chi connectivity index (χ4v) is 4.47. The first kappa shape index (κ1) is 17.4. The Morgan fingerprint density at radius 2 is 2.21 bits per heavy atom. The first-order chi connectivity index (χ1) is 13.5. The van der Waals surface area contributed by atoms with Crippen LogP contribution in [0.3, 0.4) is 0 Å². The molecular formula is C20H18ClN5O2. The number of rotatable bonds is 3. The number of hydrogen-bond acceptors (Lipinski definition) is 6. The van der Waals surface area contributed by atoms with Crippen LogP contribution in [0.4, 0.5) is 5.95 Å². The Bertz CT molecular complexity index is 1040. The molecule has 3 heterocycles. The number of nitrogens with zero attached hydrogens (tertiary/aromatic N) is 4. The Kier molecular flexibility index (Phi) is 3.83. The number of carbonyl (C=O) groups is 1. The number of nitrogens with one attached hydrogen (secondary N) is 1. The van der Waals surface area contributed by atoms with Crippen molar-refractivity contribution < 1.29 is 9.53 Å². The van der Waals surface area contributed by atoms with E-state index in [0.717, 1.165) is 29.7 Å². The molecule has 2 aliphatic heterocycles. The van der Waals surface area contributed by atoms with Gasteiger partial charge in [-0.05, 0) is 43.0 Å². The molecule has 2 aromatic rings. The van der Waals surface area contributed by atoms with Crippen LogP contribution in [-0.2, 0) is 24.1 Å². The number of hydrogen-bond donors (Lipinski definition) is 1. The molecule has 8 heteroatoms. The van der Waals surface area contributed by atoms with Gasteiger partial charge >= 0.3 is 0 Å². The average molecular weight is 396 g/mol. The minimum Gasteiger partial charge on any atom is -0.376 e. The van der Waals surface area contributed by atoms with E-state index in [1.54, 1.807) is 12.3 Å². The molecule has 0 radical (unpaired) electrons. The van der Waals surface area contributed by atoms with Gasteiger partial charge in [-0.25, -0.2) is 9.97 Å². The van der Waals surface area contributed by atoms with Crippen LogP contribution in [0.2, 0.25) is 5.02 Å². The van der Waals surface area contributed by atoms with E-state index in [0.29, 0.717) is 41.9 Å². The van der Waals surface area contributed by atoms with Gasteiger partial charge in [0.15, 0.2) is 0 Å². The smallest absolute Gasteiger partial charge is 0.258 e. The Balaban J connectivity index is 1.34. The van der Waals surface area contributed by atoms with Gasteiger partial charge in [-0.2, -0.15) is 5.26 Å². The van der Waals surface area contributed by atoms with E-state index in [9.17, 15) is 10.1 Å². The van der Waals surface area contributed by atoms with Crippen molar-refractivity contribution in [1.82, 2.24) is 14.9 Å². The highest BCUT2D eigenvalue weighted by molar-refractivity contribution is 6.30. The van der Waals surface area contributed by atoms with Gasteiger partial charge in [-0.3, -0.25) is 4.79 Å². The summed E-state index contributed by atoms with van der Waals surface area (Å²) in [5, 5.41) is 13.3. The van der Waals surface area contributed by atoms with Gasteiger partial charge in [-0.15, -0.1) is 0 Å². The zero-order valence-corrected chi connectivity index (χ0v) is 16.1. The topological polar surface area (TPSA) is 91.1 Å². The Morgan fingerprint density at radius 1 is 1.39 bits per heavy atom. The van der Waals surface area contributed by atoms with E-state index in [4.69, 9.17) is 16.3 Å². The van der Waals surface area contributed by atoms with E-state index >= 15 is 0 Å². The normalized spacial score (nSPS) is 21.7. The highest BCUT2D eigenvalue weighted by atomic mass is 35.5. The third-order valence-electron chi connectivity index (χ3n) is 5.81. The summed E-state index contributed by atoms with van der Waals surface area (Å²) in [6, 6.07) is 5.94. The number of fused-ring (bicyclic) bond motifs is 2. The van der Waals surface area contributed by atoms with Crippen LogP contribution in [0.1, 0.15) is 39.7 Å². The first-order valence-corrected chi connectivity index (χ1v) is 9.58. The van der Waals surface area contributed by atoms with Crippen LogP contribution in [-0.4, -0.2) is 45.6 Å². The summed E-state index contributed by atoms with van der Waals surface area (Å²) in [4.78, 5) is 23.4. The Morgan fingerprint density at radius 3 is 2.93 bits per heavy atom. The molecule has 1 aromatic carbocycles. The van der Waals surface area contributed by atoms with Crippen molar-refractivity contribution in [3.05, 3.63) is 51.3 Å². The average Bonchev–Trinajstić information content (AvgIpc) is 3.19. The van der Waals surface area contributed by atoms with Crippen molar-refractivity contribution in [2.24, 2.45) is 0 Å². The lowest BCUT2D eigenvalue weighted by Crippen LogP contribution is -2.60. The standard InChI is InChI=1S/C20H18ClN5O2/c1-20(9-28-10-20)26-8-17-16(18(26)27)7-23-19(25-17)24-14-4-11-2-13(21)3-12(6-22)15(11)5-14/h2-3,7,14H,4-5,8-10H2,1H3,(H,23,24,25)/t14-/m0/s1. The molecular weight excluding hydrogens is 378 g/mol. The Hall–Kier alpha value is -2.69. The summed E-state index contributed by atoms with van der Waals surface area (Å²) in [6.07, 6.45) is 3.08. The lowest BCUT2D eigenvalue weighted by molar-refractivity contribution is -0.116. The maximum absolute atomic E-state index is 12.7. The maximum atomic E-state index is 12.7. The summed E-state index contributed by atoms with van der Waals surface area (Å²) in [5.74, 6) is 0.472. The SMILES string of the molecule is CC1(N2Cc3nc(N[C@H]4Cc5cc(Cl)cc(C#N)c5C4)ncc3C2=O)COC1. The number of ether oxygens (including phenoxy) is 1. The molecule has 7 nitrogen and oxygen atoms in total. The number of benzene rings is 1. The number of amides is 1. The second kappa shape index (κ2) is 6.16. The zero-order chi connectivity index (χ0) is 19.5. The summed E-state index contributed by atoms with van der Waals surface area (Å²) in [6.45, 7) is 3.61. The van der Waals surface area contributed by atoms with Crippen molar-refractivity contribution in [3.63, 3.8) is 0 Å². The predicted octanol–water partition coefficient (Wildman–Crippen LogP) is 2.33. The molecule has 1 aliphatic carbocycles. The largest absolute Gasteiger partial charge is 0.376 e. The first-order valence-electron chi connectivity index (χ1n) is 9.20. The zero-order valence-electron chi connectivity index (χ0n) is 15.3. The Labute approximate surface area is 167 Å². The lowest BCUT2D eigenvalue weighted by Gasteiger charge is -2.45. The van der Waals surface area contributed by atoms with E-state index in [2.05, 4.69) is 21.4 Å².